The summed E-state index contributed by atoms with van der Waals surface area (Å²) in [5, 5.41) is 2.83. The molecule has 1 heterocycles. The first kappa shape index (κ1) is 15.3. The number of nitrogens with one attached hydrogen (secondary N) is 1. The zero-order valence-electron chi connectivity index (χ0n) is 13.1. The highest BCUT2D eigenvalue weighted by Crippen LogP contribution is 2.40. The van der Waals surface area contributed by atoms with Crippen LogP contribution in [0.4, 0.5) is 0 Å². The van der Waals surface area contributed by atoms with Crippen molar-refractivity contribution in [2.75, 3.05) is 19.6 Å². The number of hydrogen-bond acceptors (Lipinski definition) is 2. The van der Waals surface area contributed by atoms with Gasteiger partial charge in [0, 0.05) is 32.0 Å². The molecule has 0 spiro atoms. The lowest BCUT2D eigenvalue weighted by atomic mass is 9.69. The fraction of sp³-hybridized carbons (Fsp3) is 0.875. The normalized spacial score (nSPS) is 28.8. The van der Waals surface area contributed by atoms with Crippen molar-refractivity contribution < 1.29 is 9.59 Å². The number of amides is 2. The van der Waals surface area contributed by atoms with Crippen molar-refractivity contribution in [2.24, 2.45) is 17.3 Å². The van der Waals surface area contributed by atoms with Crippen LogP contribution < -0.4 is 5.32 Å². The molecule has 2 rings (SSSR count). The molecule has 20 heavy (non-hydrogen) atoms. The van der Waals surface area contributed by atoms with E-state index in [1.165, 1.54) is 0 Å². The highest BCUT2D eigenvalue weighted by atomic mass is 16.2. The molecule has 0 aromatic rings. The maximum absolute atomic E-state index is 12.6. The van der Waals surface area contributed by atoms with Gasteiger partial charge in [0.25, 0.3) is 0 Å². The summed E-state index contributed by atoms with van der Waals surface area (Å²) in [6, 6.07) is 0. The second-order valence-electron chi connectivity index (χ2n) is 7.34. The molecule has 0 radical (unpaired) electrons. The van der Waals surface area contributed by atoms with E-state index in [1.807, 2.05) is 4.90 Å². The molecule has 1 saturated carbocycles. The van der Waals surface area contributed by atoms with E-state index in [2.05, 4.69) is 26.1 Å². The van der Waals surface area contributed by atoms with Crippen LogP contribution in [-0.4, -0.2) is 36.3 Å². The molecular weight excluding hydrogens is 252 g/mol. The van der Waals surface area contributed by atoms with Gasteiger partial charge >= 0.3 is 0 Å². The molecule has 4 nitrogen and oxygen atoms in total. The molecule has 1 aliphatic carbocycles. The fourth-order valence-corrected chi connectivity index (χ4v) is 3.45. The van der Waals surface area contributed by atoms with E-state index in [0.29, 0.717) is 31.5 Å². The van der Waals surface area contributed by atoms with Gasteiger partial charge in [0.05, 0.1) is 0 Å². The Kier molecular flexibility index (Phi) is 4.71. The average molecular weight is 280 g/mol. The zero-order valence-corrected chi connectivity index (χ0v) is 13.1. The van der Waals surface area contributed by atoms with Crippen LogP contribution in [0.5, 0.6) is 0 Å². The summed E-state index contributed by atoms with van der Waals surface area (Å²) < 4.78 is 0. The van der Waals surface area contributed by atoms with Crippen molar-refractivity contribution in [3.05, 3.63) is 0 Å². The van der Waals surface area contributed by atoms with Crippen molar-refractivity contribution >= 4 is 11.8 Å². The Morgan fingerprint density at radius 3 is 2.40 bits per heavy atom. The van der Waals surface area contributed by atoms with Crippen molar-refractivity contribution in [1.29, 1.82) is 0 Å². The van der Waals surface area contributed by atoms with Crippen LogP contribution in [-0.2, 0) is 9.59 Å². The first-order chi connectivity index (χ1) is 9.38. The van der Waals surface area contributed by atoms with Crippen LogP contribution in [0.3, 0.4) is 0 Å². The maximum atomic E-state index is 12.6. The van der Waals surface area contributed by atoms with E-state index in [4.69, 9.17) is 0 Å². The SMILES string of the molecule is CC(C)(C)C1CCC(C(=O)N2CCNC(=O)CC2)CC1. The van der Waals surface area contributed by atoms with E-state index < -0.39 is 0 Å². The summed E-state index contributed by atoms with van der Waals surface area (Å²) in [4.78, 5) is 25.8. The molecule has 2 amide bonds. The number of carbonyl (C=O) groups is 2. The van der Waals surface area contributed by atoms with Crippen LogP contribution in [0.2, 0.25) is 0 Å². The van der Waals surface area contributed by atoms with Gasteiger partial charge < -0.3 is 10.2 Å². The Balaban J connectivity index is 1.87. The van der Waals surface area contributed by atoms with E-state index >= 15 is 0 Å². The first-order valence-corrected chi connectivity index (χ1v) is 7.93. The van der Waals surface area contributed by atoms with Crippen LogP contribution in [0.25, 0.3) is 0 Å². The number of nitrogens with zero attached hydrogens (tertiary/aromatic N) is 1. The van der Waals surface area contributed by atoms with Crippen molar-refractivity contribution in [3.63, 3.8) is 0 Å². The van der Waals surface area contributed by atoms with E-state index in [1.54, 1.807) is 0 Å². The summed E-state index contributed by atoms with van der Waals surface area (Å²) in [7, 11) is 0. The topological polar surface area (TPSA) is 49.4 Å². The summed E-state index contributed by atoms with van der Waals surface area (Å²) in [6.45, 7) is 8.75. The highest BCUT2D eigenvalue weighted by Gasteiger charge is 2.34. The van der Waals surface area contributed by atoms with Crippen LogP contribution in [0.1, 0.15) is 52.9 Å². The molecule has 0 aromatic heterocycles. The zero-order chi connectivity index (χ0) is 14.8. The molecule has 0 bridgehead atoms. The summed E-state index contributed by atoms with van der Waals surface area (Å²) >= 11 is 0. The third-order valence-electron chi connectivity index (χ3n) is 4.93. The van der Waals surface area contributed by atoms with E-state index in [0.717, 1.165) is 31.6 Å². The van der Waals surface area contributed by atoms with Gasteiger partial charge in [-0.1, -0.05) is 20.8 Å². The van der Waals surface area contributed by atoms with Gasteiger partial charge in [-0.3, -0.25) is 9.59 Å². The van der Waals surface area contributed by atoms with Crippen molar-refractivity contribution in [2.45, 2.75) is 52.9 Å². The third kappa shape index (κ3) is 3.74. The van der Waals surface area contributed by atoms with E-state index in [9.17, 15) is 9.59 Å². The predicted molar refractivity (Wildman–Crippen MR) is 79.1 cm³/mol. The first-order valence-electron chi connectivity index (χ1n) is 7.93. The smallest absolute Gasteiger partial charge is 0.225 e. The van der Waals surface area contributed by atoms with Gasteiger partial charge in [0.15, 0.2) is 0 Å². The van der Waals surface area contributed by atoms with Crippen LogP contribution in [0, 0.1) is 17.3 Å². The lowest BCUT2D eigenvalue weighted by molar-refractivity contribution is -0.137. The summed E-state index contributed by atoms with van der Waals surface area (Å²) in [5.74, 6) is 1.26. The van der Waals surface area contributed by atoms with Crippen molar-refractivity contribution in [1.82, 2.24) is 10.2 Å². The lowest BCUT2D eigenvalue weighted by Gasteiger charge is -2.37. The summed E-state index contributed by atoms with van der Waals surface area (Å²) in [6.07, 6.45) is 4.79. The second-order valence-corrected chi connectivity index (χ2v) is 7.34. The summed E-state index contributed by atoms with van der Waals surface area (Å²) in [5.41, 5.74) is 0.354. The van der Waals surface area contributed by atoms with Gasteiger partial charge in [-0.15, -0.1) is 0 Å². The molecule has 1 saturated heterocycles. The second kappa shape index (κ2) is 6.15. The predicted octanol–water partition coefficient (Wildman–Crippen LogP) is 2.19. The van der Waals surface area contributed by atoms with Crippen LogP contribution >= 0.6 is 0 Å². The van der Waals surface area contributed by atoms with Gasteiger partial charge in [-0.2, -0.15) is 0 Å². The van der Waals surface area contributed by atoms with Gasteiger partial charge in [-0.25, -0.2) is 0 Å². The van der Waals surface area contributed by atoms with E-state index in [-0.39, 0.29) is 17.7 Å². The maximum Gasteiger partial charge on any atom is 0.225 e. The fourth-order valence-electron chi connectivity index (χ4n) is 3.45. The number of rotatable bonds is 1. The lowest BCUT2D eigenvalue weighted by Crippen LogP contribution is -2.40. The Labute approximate surface area is 122 Å². The highest BCUT2D eigenvalue weighted by molar-refractivity contribution is 5.81. The minimum Gasteiger partial charge on any atom is -0.354 e. The Morgan fingerprint density at radius 2 is 1.80 bits per heavy atom. The van der Waals surface area contributed by atoms with Gasteiger partial charge in [0.2, 0.25) is 11.8 Å². The molecule has 0 aromatic carbocycles. The molecule has 0 atom stereocenters. The third-order valence-corrected chi connectivity index (χ3v) is 4.93. The molecule has 0 unspecified atom stereocenters. The van der Waals surface area contributed by atoms with Crippen molar-refractivity contribution in [3.8, 4) is 0 Å². The number of carbonyl (C=O) groups excluding carboxylic acids is 2. The van der Waals surface area contributed by atoms with Crippen LogP contribution in [0.15, 0.2) is 0 Å². The Bertz CT molecular complexity index is 365. The largest absolute Gasteiger partial charge is 0.354 e. The van der Waals surface area contributed by atoms with Gasteiger partial charge in [-0.05, 0) is 37.0 Å². The molecule has 1 N–H and O–H groups in total. The molecule has 1 aliphatic heterocycles. The quantitative estimate of drug-likeness (QED) is 0.800. The molecule has 2 aliphatic rings. The minimum atomic E-state index is 0.0664. The molecule has 2 fully saturated rings. The standard InChI is InChI=1S/C16H28N2O2/c1-16(2,3)13-6-4-12(5-7-13)15(20)18-10-8-14(19)17-9-11-18/h12-13H,4-11H2,1-3H3,(H,17,19). The van der Waals surface area contributed by atoms with Gasteiger partial charge in [0.1, 0.15) is 0 Å². The number of hydrogen-bond donors (Lipinski definition) is 1. The Hall–Kier alpha value is -1.06. The molecular formula is C16H28N2O2. The average Bonchev–Trinajstić information content (AvgIpc) is 2.62. The molecule has 4 heteroatoms. The minimum absolute atomic E-state index is 0.0664. The molecule has 114 valence electrons. The Morgan fingerprint density at radius 1 is 1.15 bits per heavy atom. The monoisotopic (exact) mass is 280 g/mol.